The highest BCUT2D eigenvalue weighted by Crippen LogP contribution is 2.56. The molecule has 7 nitrogen and oxygen atoms in total. The molecule has 3 aliphatic rings. The van der Waals surface area contributed by atoms with Crippen LogP contribution in [0.2, 0.25) is 0 Å². The van der Waals surface area contributed by atoms with Crippen LogP contribution in [0.1, 0.15) is 62.3 Å². The van der Waals surface area contributed by atoms with Crippen LogP contribution in [-0.2, 0) is 6.42 Å². The predicted molar refractivity (Wildman–Crippen MR) is 166 cm³/mol. The van der Waals surface area contributed by atoms with Gasteiger partial charge in [0.05, 0.1) is 16.8 Å². The molecule has 42 heavy (non-hydrogen) atoms. The van der Waals surface area contributed by atoms with Crippen LogP contribution < -0.4 is 15.8 Å². The fraction of sp³-hybridized carbons (Fsp3) is 0.364. The van der Waals surface area contributed by atoms with Crippen LogP contribution in [0.25, 0.3) is 11.1 Å². The second-order valence-electron chi connectivity index (χ2n) is 11.9. The Hall–Kier alpha value is -3.82. The normalized spacial score (nSPS) is 19.7. The monoisotopic (exact) mass is 583 g/mol. The van der Waals surface area contributed by atoms with E-state index in [0.717, 1.165) is 47.9 Å². The van der Waals surface area contributed by atoms with Crippen LogP contribution in [0.4, 0.5) is 21.6 Å². The lowest BCUT2D eigenvalue weighted by Gasteiger charge is -2.33. The molecule has 3 aromatic heterocycles. The SMILES string of the molecule is Cc1c(-c2c[nH]c(=O)c(Nc3ccc(N4CCN(C)CC4)cn3)c2)ccc(F)c1CC(=O)c1cc2c(s1)C1CCC2C1. The number of halogens is 1. The van der Waals surface area contributed by atoms with Crippen LogP contribution in [0.15, 0.2) is 53.6 Å². The molecule has 0 radical (unpaired) electrons. The average Bonchev–Trinajstić information content (AvgIpc) is 3.72. The zero-order chi connectivity index (χ0) is 29.0. The molecule has 0 spiro atoms. The van der Waals surface area contributed by atoms with Gasteiger partial charge in [0.25, 0.3) is 5.56 Å². The third kappa shape index (κ3) is 4.94. The number of benzene rings is 1. The number of ketones is 1. The minimum atomic E-state index is -0.388. The summed E-state index contributed by atoms with van der Waals surface area (Å²) in [6, 6.07) is 10.8. The summed E-state index contributed by atoms with van der Waals surface area (Å²) in [5.41, 5.74) is 5.06. The van der Waals surface area contributed by atoms with Gasteiger partial charge in [-0.15, -0.1) is 11.3 Å². The van der Waals surface area contributed by atoms with E-state index in [1.165, 1.54) is 35.8 Å². The molecular formula is C33H34FN5O2S. The summed E-state index contributed by atoms with van der Waals surface area (Å²) in [6.07, 6.45) is 7.12. The van der Waals surface area contributed by atoms with Crippen LogP contribution in [0, 0.1) is 12.7 Å². The summed E-state index contributed by atoms with van der Waals surface area (Å²) in [5, 5.41) is 3.14. The van der Waals surface area contributed by atoms with Gasteiger partial charge in [-0.1, -0.05) is 6.07 Å². The number of carbonyl (C=O) groups is 1. The number of likely N-dealkylation sites (N-methyl/N-ethyl adjacent to an activating group) is 1. The van der Waals surface area contributed by atoms with E-state index in [4.69, 9.17) is 0 Å². The highest BCUT2D eigenvalue weighted by atomic mass is 32.1. The van der Waals surface area contributed by atoms with E-state index in [1.54, 1.807) is 29.7 Å². The molecule has 0 amide bonds. The van der Waals surface area contributed by atoms with Gasteiger partial charge in [0.15, 0.2) is 5.78 Å². The Balaban J connectivity index is 1.11. The van der Waals surface area contributed by atoms with Crippen LogP contribution in [-0.4, -0.2) is 53.9 Å². The lowest BCUT2D eigenvalue weighted by Crippen LogP contribution is -2.44. The predicted octanol–water partition coefficient (Wildman–Crippen LogP) is 6.23. The second kappa shape index (κ2) is 10.8. The van der Waals surface area contributed by atoms with Gasteiger partial charge in [0.1, 0.15) is 17.3 Å². The van der Waals surface area contributed by atoms with Crippen molar-refractivity contribution in [3.63, 3.8) is 0 Å². The summed E-state index contributed by atoms with van der Waals surface area (Å²) in [4.78, 5) is 40.1. The van der Waals surface area contributed by atoms with E-state index in [1.807, 2.05) is 25.3 Å². The Kier molecular flexibility index (Phi) is 6.94. The van der Waals surface area contributed by atoms with Crippen LogP contribution in [0.3, 0.4) is 0 Å². The van der Waals surface area contributed by atoms with Gasteiger partial charge in [-0.2, -0.15) is 0 Å². The molecule has 2 N–H and O–H groups in total. The van der Waals surface area contributed by atoms with Gasteiger partial charge in [0, 0.05) is 49.2 Å². The number of rotatable bonds is 7. The first kappa shape index (κ1) is 27.0. The molecule has 4 aromatic rings. The van der Waals surface area contributed by atoms with Gasteiger partial charge in [0.2, 0.25) is 0 Å². The number of anilines is 3. The van der Waals surface area contributed by atoms with E-state index in [9.17, 15) is 9.59 Å². The summed E-state index contributed by atoms with van der Waals surface area (Å²) in [5.74, 6) is 1.34. The standard InChI is InChI=1S/C33H34FN5O2S/c1-19-24(6-7-27(34)25(19)15-29(40)30-16-26-20-3-4-21(13-20)32(26)42-30)22-14-28(33(41)36-17-22)37-31-8-5-23(18-35-31)39-11-9-38(2)10-12-39/h5-8,14,16-18,20-21H,3-4,9-13,15H2,1-2H3,(H,35,37)(H,36,41). The number of thiophene rings is 1. The van der Waals surface area contributed by atoms with Gasteiger partial charge in [-0.3, -0.25) is 9.59 Å². The average molecular weight is 584 g/mol. The number of aromatic amines is 1. The summed E-state index contributed by atoms with van der Waals surface area (Å²) in [6.45, 7) is 5.77. The first-order valence-electron chi connectivity index (χ1n) is 14.7. The molecule has 216 valence electrons. The Morgan fingerprint density at radius 2 is 1.93 bits per heavy atom. The number of aromatic nitrogens is 2. The minimum Gasteiger partial charge on any atom is -0.368 e. The zero-order valence-electron chi connectivity index (χ0n) is 23.9. The van der Waals surface area contributed by atoms with Gasteiger partial charge in [-0.05, 0) is 97.7 Å². The quantitative estimate of drug-likeness (QED) is 0.251. The topological polar surface area (TPSA) is 81.3 Å². The summed E-state index contributed by atoms with van der Waals surface area (Å²) >= 11 is 1.61. The maximum absolute atomic E-state index is 15.1. The molecule has 2 fully saturated rings. The first-order valence-corrected chi connectivity index (χ1v) is 15.5. The molecule has 2 bridgehead atoms. The van der Waals surface area contributed by atoms with Crippen LogP contribution in [0.5, 0.6) is 0 Å². The number of carbonyl (C=O) groups excluding carboxylic acids is 1. The zero-order valence-corrected chi connectivity index (χ0v) is 24.7. The Bertz CT molecular complexity index is 1690. The highest BCUT2D eigenvalue weighted by molar-refractivity contribution is 7.14. The number of fused-ring (bicyclic) bond motifs is 5. The maximum Gasteiger partial charge on any atom is 0.271 e. The molecule has 1 saturated heterocycles. The van der Waals surface area contributed by atoms with E-state index >= 15 is 4.39 Å². The van der Waals surface area contributed by atoms with Crippen molar-refractivity contribution in [2.24, 2.45) is 0 Å². The number of nitrogens with zero attached hydrogens (tertiary/aromatic N) is 3. The van der Waals surface area contributed by atoms with E-state index in [-0.39, 0.29) is 23.6 Å². The van der Waals surface area contributed by atoms with Crippen molar-refractivity contribution >= 4 is 34.3 Å². The third-order valence-corrected chi connectivity index (χ3v) is 10.6. The van der Waals surface area contributed by atoms with Crippen molar-refractivity contribution in [1.82, 2.24) is 14.9 Å². The Morgan fingerprint density at radius 3 is 2.69 bits per heavy atom. The minimum absolute atomic E-state index is 0.0122. The fourth-order valence-corrected chi connectivity index (χ4v) is 8.11. The Labute approximate surface area is 248 Å². The van der Waals surface area contributed by atoms with Crippen molar-refractivity contribution < 1.29 is 9.18 Å². The van der Waals surface area contributed by atoms with E-state index in [0.29, 0.717) is 34.5 Å². The lowest BCUT2D eigenvalue weighted by atomic mass is 9.93. The van der Waals surface area contributed by atoms with Crippen molar-refractivity contribution in [2.45, 2.75) is 44.4 Å². The van der Waals surface area contributed by atoms with Gasteiger partial charge >= 0.3 is 0 Å². The van der Waals surface area contributed by atoms with Crippen molar-refractivity contribution in [1.29, 1.82) is 0 Å². The van der Waals surface area contributed by atoms with E-state index in [2.05, 4.69) is 38.2 Å². The van der Waals surface area contributed by atoms with E-state index < -0.39 is 0 Å². The number of piperazine rings is 1. The maximum atomic E-state index is 15.1. The van der Waals surface area contributed by atoms with Gasteiger partial charge in [-0.25, -0.2) is 9.37 Å². The lowest BCUT2D eigenvalue weighted by molar-refractivity contribution is 0.0995. The molecule has 2 aliphatic carbocycles. The molecule has 4 heterocycles. The number of H-pyrrole nitrogens is 1. The second-order valence-corrected chi connectivity index (χ2v) is 13.0. The molecule has 7 rings (SSSR count). The summed E-state index contributed by atoms with van der Waals surface area (Å²) in [7, 11) is 2.13. The molecule has 9 heteroatoms. The number of hydrogen-bond donors (Lipinski definition) is 2. The summed E-state index contributed by atoms with van der Waals surface area (Å²) < 4.78 is 15.1. The number of hydrogen-bond acceptors (Lipinski definition) is 7. The van der Waals surface area contributed by atoms with Crippen molar-refractivity contribution in [3.8, 4) is 11.1 Å². The van der Waals surface area contributed by atoms with Gasteiger partial charge < -0.3 is 20.1 Å². The molecule has 1 aliphatic heterocycles. The first-order chi connectivity index (χ1) is 20.3. The number of Topliss-reactive ketones (excluding diaryl/α,β-unsaturated/α-hetero) is 1. The van der Waals surface area contributed by atoms with Crippen LogP contribution >= 0.6 is 11.3 Å². The fourth-order valence-electron chi connectivity index (χ4n) is 6.78. The largest absolute Gasteiger partial charge is 0.368 e. The number of pyridine rings is 2. The Morgan fingerprint density at radius 1 is 1.12 bits per heavy atom. The molecule has 2 atom stereocenters. The van der Waals surface area contributed by atoms with Crippen molar-refractivity contribution in [3.05, 3.63) is 91.4 Å². The number of nitrogens with one attached hydrogen (secondary N) is 2. The highest BCUT2D eigenvalue weighted by Gasteiger charge is 2.39. The molecular weight excluding hydrogens is 549 g/mol. The molecule has 1 aromatic carbocycles. The third-order valence-electron chi connectivity index (χ3n) is 9.28. The smallest absolute Gasteiger partial charge is 0.271 e. The molecule has 1 saturated carbocycles. The molecule has 2 unspecified atom stereocenters. The van der Waals surface area contributed by atoms with Crippen molar-refractivity contribution in [2.75, 3.05) is 43.4 Å².